The highest BCUT2D eigenvalue weighted by atomic mass is 19.1. The van der Waals surface area contributed by atoms with Crippen LogP contribution in [0.25, 0.3) is 0 Å². The lowest BCUT2D eigenvalue weighted by atomic mass is 10.0. The van der Waals surface area contributed by atoms with E-state index in [-0.39, 0.29) is 17.8 Å². The van der Waals surface area contributed by atoms with Gasteiger partial charge in [0.1, 0.15) is 5.82 Å². The van der Waals surface area contributed by atoms with E-state index in [0.717, 1.165) is 31.5 Å². The van der Waals surface area contributed by atoms with Gasteiger partial charge in [0.15, 0.2) is 0 Å². The summed E-state index contributed by atoms with van der Waals surface area (Å²) in [6.07, 6.45) is 1.57. The topological polar surface area (TPSA) is 58.4 Å². The highest BCUT2D eigenvalue weighted by Crippen LogP contribution is 2.27. The number of rotatable bonds is 3. The summed E-state index contributed by atoms with van der Waals surface area (Å²) in [7, 11) is 0. The number of carbonyl (C=O) groups is 1. The Labute approximate surface area is 141 Å². The first-order chi connectivity index (χ1) is 11.6. The molecule has 0 aliphatic carbocycles. The van der Waals surface area contributed by atoms with Crippen LogP contribution < -0.4 is 16.0 Å². The fourth-order valence-corrected chi connectivity index (χ4v) is 3.24. The Morgan fingerprint density at radius 1 is 1.17 bits per heavy atom. The molecule has 1 saturated heterocycles. The zero-order valence-electron chi connectivity index (χ0n) is 13.8. The Bertz CT molecular complexity index is 719. The number of benzene rings is 2. The van der Waals surface area contributed by atoms with Crippen LogP contribution in [0, 0.1) is 12.7 Å². The lowest BCUT2D eigenvalue weighted by molar-refractivity contribution is 0.0932. The molecule has 1 amide bonds. The van der Waals surface area contributed by atoms with Crippen LogP contribution in [0.15, 0.2) is 42.5 Å². The molecule has 24 heavy (non-hydrogen) atoms. The van der Waals surface area contributed by atoms with Crippen molar-refractivity contribution >= 4 is 17.3 Å². The van der Waals surface area contributed by atoms with Crippen molar-refractivity contribution in [1.82, 2.24) is 5.32 Å². The monoisotopic (exact) mass is 327 g/mol. The number of nitrogens with one attached hydrogen (secondary N) is 1. The summed E-state index contributed by atoms with van der Waals surface area (Å²) in [6, 6.07) is 12.3. The molecular weight excluding hydrogens is 305 g/mol. The lowest BCUT2D eigenvalue weighted by Gasteiger charge is -2.35. The zero-order valence-corrected chi connectivity index (χ0v) is 13.8. The first-order valence-electron chi connectivity index (χ1n) is 8.21. The van der Waals surface area contributed by atoms with Gasteiger partial charge in [-0.15, -0.1) is 0 Å². The highest BCUT2D eigenvalue weighted by Gasteiger charge is 2.24. The standard InChI is InChI=1S/C19H22FN3O/c1-13-5-4-7-16(20)18(13)23-11-9-14(10-12-23)22-19(24)15-6-2-3-8-17(15)21/h2-8,14H,9-12,21H2,1H3,(H,22,24). The van der Waals surface area contributed by atoms with Gasteiger partial charge in [0.25, 0.3) is 5.91 Å². The summed E-state index contributed by atoms with van der Waals surface area (Å²) in [5.41, 5.74) is 8.45. The molecule has 0 bridgehead atoms. The molecule has 3 N–H and O–H groups in total. The molecule has 0 atom stereocenters. The number of halogens is 1. The summed E-state index contributed by atoms with van der Waals surface area (Å²) < 4.78 is 14.1. The molecule has 5 heteroatoms. The van der Waals surface area contributed by atoms with Gasteiger partial charge in [-0.05, 0) is 43.5 Å². The Morgan fingerprint density at radius 3 is 2.54 bits per heavy atom. The number of piperidine rings is 1. The second kappa shape index (κ2) is 6.91. The minimum absolute atomic E-state index is 0.0837. The van der Waals surface area contributed by atoms with Crippen LogP contribution in [0.3, 0.4) is 0 Å². The maximum absolute atomic E-state index is 14.1. The molecule has 1 fully saturated rings. The molecule has 1 aliphatic heterocycles. The van der Waals surface area contributed by atoms with Crippen LogP contribution in [0.2, 0.25) is 0 Å². The average Bonchev–Trinajstić information content (AvgIpc) is 2.56. The van der Waals surface area contributed by atoms with E-state index in [1.165, 1.54) is 6.07 Å². The van der Waals surface area contributed by atoms with E-state index in [2.05, 4.69) is 10.2 Å². The van der Waals surface area contributed by atoms with E-state index < -0.39 is 0 Å². The number of amides is 1. The number of nitrogen functional groups attached to an aromatic ring is 1. The second-order valence-corrected chi connectivity index (χ2v) is 6.23. The van der Waals surface area contributed by atoms with Crippen molar-refractivity contribution in [3.8, 4) is 0 Å². The molecule has 0 aromatic heterocycles. The molecular formula is C19H22FN3O. The molecule has 1 heterocycles. The molecule has 2 aromatic carbocycles. The fourth-order valence-electron chi connectivity index (χ4n) is 3.24. The number of aryl methyl sites for hydroxylation is 1. The molecule has 0 saturated carbocycles. The normalized spacial score (nSPS) is 15.3. The van der Waals surface area contributed by atoms with Crippen LogP contribution in [0.4, 0.5) is 15.8 Å². The zero-order chi connectivity index (χ0) is 17.1. The Morgan fingerprint density at radius 2 is 1.88 bits per heavy atom. The molecule has 3 rings (SSSR count). The van der Waals surface area contributed by atoms with Gasteiger partial charge >= 0.3 is 0 Å². The molecule has 0 unspecified atom stereocenters. The van der Waals surface area contributed by atoms with E-state index in [1.54, 1.807) is 30.3 Å². The number of para-hydroxylation sites is 2. The summed E-state index contributed by atoms with van der Waals surface area (Å²) in [5.74, 6) is -0.330. The smallest absolute Gasteiger partial charge is 0.253 e. The third-order valence-corrected chi connectivity index (χ3v) is 4.54. The van der Waals surface area contributed by atoms with Crippen molar-refractivity contribution in [2.75, 3.05) is 23.7 Å². The van der Waals surface area contributed by atoms with E-state index in [1.807, 2.05) is 13.0 Å². The van der Waals surface area contributed by atoms with Crippen molar-refractivity contribution in [1.29, 1.82) is 0 Å². The largest absolute Gasteiger partial charge is 0.398 e. The minimum Gasteiger partial charge on any atom is -0.398 e. The lowest BCUT2D eigenvalue weighted by Crippen LogP contribution is -2.45. The van der Waals surface area contributed by atoms with Gasteiger partial charge in [0.05, 0.1) is 11.3 Å². The summed E-state index contributed by atoms with van der Waals surface area (Å²) in [6.45, 7) is 3.36. The van der Waals surface area contributed by atoms with Gasteiger partial charge in [0.2, 0.25) is 0 Å². The van der Waals surface area contributed by atoms with Gasteiger partial charge in [-0.25, -0.2) is 4.39 Å². The molecule has 1 aliphatic rings. The van der Waals surface area contributed by atoms with Crippen molar-refractivity contribution in [3.63, 3.8) is 0 Å². The Hall–Kier alpha value is -2.56. The predicted octanol–water partition coefficient (Wildman–Crippen LogP) is 3.12. The summed E-state index contributed by atoms with van der Waals surface area (Å²) in [5, 5.41) is 3.04. The van der Waals surface area contributed by atoms with Gasteiger partial charge in [-0.2, -0.15) is 0 Å². The fraction of sp³-hybridized carbons (Fsp3) is 0.316. The van der Waals surface area contributed by atoms with Crippen LogP contribution >= 0.6 is 0 Å². The molecule has 2 aromatic rings. The minimum atomic E-state index is -0.186. The van der Waals surface area contributed by atoms with Crippen LogP contribution in [0.1, 0.15) is 28.8 Å². The van der Waals surface area contributed by atoms with Crippen molar-refractivity contribution < 1.29 is 9.18 Å². The highest BCUT2D eigenvalue weighted by molar-refractivity contribution is 5.99. The molecule has 0 radical (unpaired) electrons. The number of hydrogen-bond acceptors (Lipinski definition) is 3. The SMILES string of the molecule is Cc1cccc(F)c1N1CCC(NC(=O)c2ccccc2N)CC1. The number of anilines is 2. The van der Waals surface area contributed by atoms with Gasteiger partial charge in [-0.3, -0.25) is 4.79 Å². The number of nitrogens with zero attached hydrogens (tertiary/aromatic N) is 1. The number of nitrogens with two attached hydrogens (primary N) is 1. The third-order valence-electron chi connectivity index (χ3n) is 4.54. The van der Waals surface area contributed by atoms with Crippen LogP contribution in [-0.4, -0.2) is 25.0 Å². The van der Waals surface area contributed by atoms with Gasteiger partial charge in [0, 0.05) is 24.8 Å². The van der Waals surface area contributed by atoms with E-state index in [9.17, 15) is 9.18 Å². The number of carbonyl (C=O) groups excluding carboxylic acids is 1. The van der Waals surface area contributed by atoms with E-state index >= 15 is 0 Å². The van der Waals surface area contributed by atoms with Crippen molar-refractivity contribution in [2.45, 2.75) is 25.8 Å². The van der Waals surface area contributed by atoms with Crippen molar-refractivity contribution in [3.05, 3.63) is 59.4 Å². The quantitative estimate of drug-likeness (QED) is 0.852. The Balaban J connectivity index is 1.62. The maximum atomic E-state index is 14.1. The average molecular weight is 327 g/mol. The first kappa shape index (κ1) is 16.3. The maximum Gasteiger partial charge on any atom is 0.253 e. The Kier molecular flexibility index (Phi) is 4.69. The van der Waals surface area contributed by atoms with E-state index in [4.69, 9.17) is 5.73 Å². The second-order valence-electron chi connectivity index (χ2n) is 6.23. The molecule has 126 valence electrons. The molecule has 0 spiro atoms. The van der Waals surface area contributed by atoms with Crippen LogP contribution in [-0.2, 0) is 0 Å². The van der Waals surface area contributed by atoms with Crippen LogP contribution in [0.5, 0.6) is 0 Å². The third kappa shape index (κ3) is 3.35. The summed E-state index contributed by atoms with van der Waals surface area (Å²) in [4.78, 5) is 14.4. The van der Waals surface area contributed by atoms with Crippen molar-refractivity contribution in [2.24, 2.45) is 0 Å². The summed E-state index contributed by atoms with van der Waals surface area (Å²) >= 11 is 0. The van der Waals surface area contributed by atoms with E-state index in [0.29, 0.717) is 16.9 Å². The van der Waals surface area contributed by atoms with Gasteiger partial charge < -0.3 is 16.0 Å². The predicted molar refractivity (Wildman–Crippen MR) is 94.7 cm³/mol. The first-order valence-corrected chi connectivity index (χ1v) is 8.21. The van der Waals surface area contributed by atoms with Gasteiger partial charge in [-0.1, -0.05) is 24.3 Å². The molecule has 4 nitrogen and oxygen atoms in total. The number of hydrogen-bond donors (Lipinski definition) is 2.